The topological polar surface area (TPSA) is 71.2 Å². The van der Waals surface area contributed by atoms with Crippen LogP contribution in [0, 0.1) is 0 Å². The maximum absolute atomic E-state index is 12.4. The van der Waals surface area contributed by atoms with Crippen molar-refractivity contribution in [3.63, 3.8) is 0 Å². The summed E-state index contributed by atoms with van der Waals surface area (Å²) in [7, 11) is 0. The summed E-state index contributed by atoms with van der Waals surface area (Å²) in [6, 6.07) is 7.99. The van der Waals surface area contributed by atoms with E-state index in [0.717, 1.165) is 29.5 Å². The van der Waals surface area contributed by atoms with Crippen LogP contribution in [-0.2, 0) is 6.42 Å². The molecule has 0 spiro atoms. The molecule has 1 amide bonds. The summed E-state index contributed by atoms with van der Waals surface area (Å²) >= 11 is 1.48. The number of nitrogens with zero attached hydrogens (tertiary/aromatic N) is 2. The van der Waals surface area contributed by atoms with Gasteiger partial charge < -0.3 is 16.0 Å². The van der Waals surface area contributed by atoms with E-state index in [1.54, 1.807) is 5.38 Å². The van der Waals surface area contributed by atoms with Crippen molar-refractivity contribution in [2.45, 2.75) is 25.7 Å². The van der Waals surface area contributed by atoms with E-state index in [4.69, 9.17) is 5.73 Å². The van der Waals surface area contributed by atoms with Crippen LogP contribution in [0.4, 0.5) is 11.4 Å². The highest BCUT2D eigenvalue weighted by atomic mass is 32.1. The van der Waals surface area contributed by atoms with Gasteiger partial charge in [0.1, 0.15) is 5.69 Å². The van der Waals surface area contributed by atoms with Crippen LogP contribution < -0.4 is 16.0 Å². The molecule has 2 heterocycles. The van der Waals surface area contributed by atoms with Gasteiger partial charge in [-0.25, -0.2) is 4.98 Å². The molecule has 3 N–H and O–H groups in total. The minimum atomic E-state index is -0.158. The molecule has 1 aromatic heterocycles. The standard InChI is InChI=1S/C17H22N4OS/c18-9-8-16-19-14(12-23-16)17(22)20-13-6-2-3-7-15(13)21-10-4-1-5-11-21/h2-3,6-7,12H,1,4-5,8-11,18H2,(H,20,22). The Labute approximate surface area is 140 Å². The third-order valence-corrected chi connectivity index (χ3v) is 4.90. The third-order valence-electron chi connectivity index (χ3n) is 3.99. The van der Waals surface area contributed by atoms with Crippen molar-refractivity contribution in [1.82, 2.24) is 4.98 Å². The average Bonchev–Trinajstić information content (AvgIpc) is 3.05. The first kappa shape index (κ1) is 16.0. The fraction of sp³-hybridized carbons (Fsp3) is 0.412. The van der Waals surface area contributed by atoms with Crippen molar-refractivity contribution in [2.75, 3.05) is 29.9 Å². The lowest BCUT2D eigenvalue weighted by Gasteiger charge is -2.30. The van der Waals surface area contributed by atoms with Crippen LogP contribution in [0.5, 0.6) is 0 Å². The average molecular weight is 330 g/mol. The second-order valence-corrected chi connectivity index (χ2v) is 6.63. The van der Waals surface area contributed by atoms with Crippen LogP contribution in [0.25, 0.3) is 0 Å². The van der Waals surface area contributed by atoms with Gasteiger partial charge in [0, 0.05) is 24.9 Å². The first-order valence-corrected chi connectivity index (χ1v) is 8.95. The van der Waals surface area contributed by atoms with Crippen LogP contribution in [0.15, 0.2) is 29.6 Å². The molecule has 1 saturated heterocycles. The molecule has 2 aromatic rings. The van der Waals surface area contributed by atoms with E-state index in [-0.39, 0.29) is 5.91 Å². The number of hydrogen-bond donors (Lipinski definition) is 2. The zero-order valence-corrected chi connectivity index (χ0v) is 13.9. The summed E-state index contributed by atoms with van der Waals surface area (Å²) < 4.78 is 0. The van der Waals surface area contributed by atoms with Gasteiger partial charge in [-0.2, -0.15) is 0 Å². The molecule has 6 heteroatoms. The van der Waals surface area contributed by atoms with Gasteiger partial charge in [-0.3, -0.25) is 4.79 Å². The Morgan fingerprint density at radius 3 is 2.83 bits per heavy atom. The Morgan fingerprint density at radius 1 is 1.26 bits per heavy atom. The van der Waals surface area contributed by atoms with Crippen molar-refractivity contribution in [1.29, 1.82) is 0 Å². The minimum Gasteiger partial charge on any atom is -0.370 e. The van der Waals surface area contributed by atoms with Crippen LogP contribution in [0.2, 0.25) is 0 Å². The number of thiazole rings is 1. The zero-order valence-electron chi connectivity index (χ0n) is 13.1. The van der Waals surface area contributed by atoms with Gasteiger partial charge in [-0.15, -0.1) is 11.3 Å². The molecule has 122 valence electrons. The molecule has 1 fully saturated rings. The normalized spacial score (nSPS) is 14.7. The summed E-state index contributed by atoms with van der Waals surface area (Å²) in [5.41, 5.74) is 7.95. The molecule has 3 rings (SSSR count). The number of para-hydroxylation sites is 2. The molecule has 0 unspecified atom stereocenters. The van der Waals surface area contributed by atoms with E-state index in [2.05, 4.69) is 21.3 Å². The summed E-state index contributed by atoms with van der Waals surface area (Å²) in [6.45, 7) is 2.64. The number of aromatic nitrogens is 1. The third kappa shape index (κ3) is 3.89. The van der Waals surface area contributed by atoms with Crippen LogP contribution in [0.1, 0.15) is 34.8 Å². The lowest BCUT2D eigenvalue weighted by atomic mass is 10.1. The molecule has 1 aromatic carbocycles. The summed E-state index contributed by atoms with van der Waals surface area (Å²) in [5, 5.41) is 5.71. The Kier molecular flexibility index (Phi) is 5.25. The van der Waals surface area contributed by atoms with Crippen LogP contribution in [-0.4, -0.2) is 30.5 Å². The second-order valence-electron chi connectivity index (χ2n) is 5.68. The Hall–Kier alpha value is -1.92. The van der Waals surface area contributed by atoms with Crippen LogP contribution >= 0.6 is 11.3 Å². The van der Waals surface area contributed by atoms with Gasteiger partial charge >= 0.3 is 0 Å². The largest absolute Gasteiger partial charge is 0.370 e. The second kappa shape index (κ2) is 7.57. The van der Waals surface area contributed by atoms with E-state index in [0.29, 0.717) is 18.7 Å². The summed E-state index contributed by atoms with van der Waals surface area (Å²) in [4.78, 5) is 19.1. The SMILES string of the molecule is NCCc1nc(C(=O)Nc2ccccc2N2CCCCC2)cs1. The van der Waals surface area contributed by atoms with E-state index in [1.165, 1.54) is 30.6 Å². The first-order chi connectivity index (χ1) is 11.3. The van der Waals surface area contributed by atoms with Gasteiger partial charge in [-0.1, -0.05) is 12.1 Å². The Balaban J connectivity index is 1.75. The first-order valence-electron chi connectivity index (χ1n) is 8.08. The molecule has 0 aliphatic carbocycles. The van der Waals surface area contributed by atoms with Gasteiger partial charge in [0.15, 0.2) is 0 Å². The van der Waals surface area contributed by atoms with Gasteiger partial charge in [0.05, 0.1) is 16.4 Å². The number of piperidine rings is 1. The maximum atomic E-state index is 12.4. The minimum absolute atomic E-state index is 0.158. The molecule has 0 atom stereocenters. The van der Waals surface area contributed by atoms with E-state index in [9.17, 15) is 4.79 Å². The fourth-order valence-corrected chi connectivity index (χ4v) is 3.62. The number of rotatable bonds is 5. The van der Waals surface area contributed by atoms with E-state index in [1.807, 2.05) is 18.2 Å². The molecular formula is C17H22N4OS. The monoisotopic (exact) mass is 330 g/mol. The highest BCUT2D eigenvalue weighted by molar-refractivity contribution is 7.09. The van der Waals surface area contributed by atoms with E-state index >= 15 is 0 Å². The number of nitrogens with two attached hydrogens (primary N) is 1. The van der Waals surface area contributed by atoms with Crippen molar-refractivity contribution >= 4 is 28.6 Å². The highest BCUT2D eigenvalue weighted by Crippen LogP contribution is 2.28. The maximum Gasteiger partial charge on any atom is 0.275 e. The molecular weight excluding hydrogens is 308 g/mol. The summed E-state index contributed by atoms with van der Waals surface area (Å²) in [5.74, 6) is -0.158. The van der Waals surface area contributed by atoms with Crippen molar-refractivity contribution in [3.05, 3.63) is 40.3 Å². The van der Waals surface area contributed by atoms with Crippen molar-refractivity contribution in [3.8, 4) is 0 Å². The van der Waals surface area contributed by atoms with Gasteiger partial charge in [-0.05, 0) is 37.9 Å². The van der Waals surface area contributed by atoms with Gasteiger partial charge in [0.25, 0.3) is 5.91 Å². The quantitative estimate of drug-likeness (QED) is 0.884. The Bertz CT molecular complexity index is 664. The number of nitrogens with one attached hydrogen (secondary N) is 1. The predicted octanol–water partition coefficient (Wildman–Crippen LogP) is 2.89. The summed E-state index contributed by atoms with van der Waals surface area (Å²) in [6.07, 6.45) is 4.41. The van der Waals surface area contributed by atoms with Crippen LogP contribution in [0.3, 0.4) is 0 Å². The number of carbonyl (C=O) groups is 1. The number of hydrogen-bond acceptors (Lipinski definition) is 5. The number of anilines is 2. The van der Waals surface area contributed by atoms with Gasteiger partial charge in [0.2, 0.25) is 0 Å². The Morgan fingerprint density at radius 2 is 2.04 bits per heavy atom. The molecule has 0 saturated carbocycles. The molecule has 23 heavy (non-hydrogen) atoms. The molecule has 5 nitrogen and oxygen atoms in total. The molecule has 1 aliphatic heterocycles. The number of carbonyl (C=O) groups excluding carboxylic acids is 1. The molecule has 0 radical (unpaired) electrons. The van der Waals surface area contributed by atoms with Crippen molar-refractivity contribution < 1.29 is 4.79 Å². The van der Waals surface area contributed by atoms with Crippen molar-refractivity contribution in [2.24, 2.45) is 5.73 Å². The smallest absolute Gasteiger partial charge is 0.275 e. The fourth-order valence-electron chi connectivity index (χ4n) is 2.83. The highest BCUT2D eigenvalue weighted by Gasteiger charge is 2.17. The zero-order chi connectivity index (χ0) is 16.1. The van der Waals surface area contributed by atoms with E-state index < -0.39 is 0 Å². The predicted molar refractivity (Wildman–Crippen MR) is 95.3 cm³/mol. The lowest BCUT2D eigenvalue weighted by Crippen LogP contribution is -2.30. The number of amides is 1. The lowest BCUT2D eigenvalue weighted by molar-refractivity contribution is 0.102. The molecule has 1 aliphatic rings. The number of benzene rings is 1. The molecule has 0 bridgehead atoms.